The molecule has 4 rings (SSSR count). The maximum atomic E-state index is 14.6. The molecular formula is C20H24ClFN2O4. The molecule has 1 saturated carbocycles. The van der Waals surface area contributed by atoms with Crippen LogP contribution in [0.1, 0.15) is 39.2 Å². The summed E-state index contributed by atoms with van der Waals surface area (Å²) in [4.78, 5) is 27.3. The first-order chi connectivity index (χ1) is 13.1. The summed E-state index contributed by atoms with van der Waals surface area (Å²) in [6, 6.07) is 4.12. The molecule has 0 unspecified atom stereocenters. The molecule has 0 radical (unpaired) electrons. The number of hydrogen-bond donors (Lipinski definition) is 1. The van der Waals surface area contributed by atoms with E-state index >= 15 is 0 Å². The molecule has 28 heavy (non-hydrogen) atoms. The number of carbonyl (C=O) groups excluding carboxylic acids is 2. The van der Waals surface area contributed by atoms with Gasteiger partial charge < -0.3 is 14.8 Å². The van der Waals surface area contributed by atoms with Crippen molar-refractivity contribution < 1.29 is 23.5 Å². The van der Waals surface area contributed by atoms with Crippen molar-refractivity contribution in [2.24, 2.45) is 5.92 Å². The van der Waals surface area contributed by atoms with Crippen molar-refractivity contribution >= 4 is 23.6 Å². The maximum absolute atomic E-state index is 14.6. The Balaban J connectivity index is 1.54. The van der Waals surface area contributed by atoms with Gasteiger partial charge in [-0.1, -0.05) is 23.7 Å². The summed E-state index contributed by atoms with van der Waals surface area (Å²) in [5.74, 6) is -0.563. The zero-order valence-corrected chi connectivity index (χ0v) is 16.9. The number of carbonyl (C=O) groups is 2. The molecule has 1 aliphatic carbocycles. The van der Waals surface area contributed by atoms with E-state index in [1.54, 1.807) is 37.8 Å². The molecule has 3 fully saturated rings. The monoisotopic (exact) mass is 410 g/mol. The fourth-order valence-corrected chi connectivity index (χ4v) is 4.24. The summed E-state index contributed by atoms with van der Waals surface area (Å²) in [6.45, 7) is 5.69. The van der Waals surface area contributed by atoms with Gasteiger partial charge in [-0.2, -0.15) is 0 Å². The highest BCUT2D eigenvalue weighted by Gasteiger charge is 2.58. The van der Waals surface area contributed by atoms with E-state index in [1.165, 1.54) is 6.07 Å². The third-order valence-corrected chi connectivity index (χ3v) is 5.83. The summed E-state index contributed by atoms with van der Waals surface area (Å²) >= 11 is 5.92. The van der Waals surface area contributed by atoms with E-state index < -0.39 is 29.1 Å². The Labute approximate surface area is 168 Å². The second kappa shape index (κ2) is 6.59. The van der Waals surface area contributed by atoms with Crippen LogP contribution in [0.5, 0.6) is 0 Å². The third-order valence-electron chi connectivity index (χ3n) is 5.54. The first-order valence-electron chi connectivity index (χ1n) is 9.47. The normalized spacial score (nSPS) is 27.6. The number of amides is 2. The first-order valence-corrected chi connectivity index (χ1v) is 9.85. The van der Waals surface area contributed by atoms with Crippen molar-refractivity contribution in [2.45, 2.75) is 56.8 Å². The molecule has 0 aromatic heterocycles. The molecule has 1 aromatic rings. The van der Waals surface area contributed by atoms with Crippen LogP contribution in [0.3, 0.4) is 0 Å². The molecule has 152 valence electrons. The Kier molecular flexibility index (Phi) is 4.58. The fraction of sp³-hybridized carbons (Fsp3) is 0.600. The van der Waals surface area contributed by atoms with Crippen LogP contribution in [0.2, 0.25) is 5.02 Å². The van der Waals surface area contributed by atoms with Gasteiger partial charge in [0.25, 0.3) is 0 Å². The van der Waals surface area contributed by atoms with Gasteiger partial charge in [-0.3, -0.25) is 9.69 Å². The Morgan fingerprint density at radius 1 is 1.32 bits per heavy atom. The van der Waals surface area contributed by atoms with Crippen LogP contribution >= 0.6 is 11.6 Å². The summed E-state index contributed by atoms with van der Waals surface area (Å²) in [5.41, 5.74) is -1.32. The van der Waals surface area contributed by atoms with Crippen LogP contribution in [0.4, 0.5) is 9.18 Å². The molecule has 2 aliphatic heterocycles. The van der Waals surface area contributed by atoms with Gasteiger partial charge in [0.05, 0.1) is 18.2 Å². The number of fused-ring (bicyclic) bond motifs is 1. The van der Waals surface area contributed by atoms with Crippen LogP contribution in [0.25, 0.3) is 0 Å². The number of halogens is 2. The van der Waals surface area contributed by atoms with Crippen molar-refractivity contribution in [1.82, 2.24) is 10.2 Å². The summed E-state index contributed by atoms with van der Waals surface area (Å²) in [5, 5.41) is 2.93. The van der Waals surface area contributed by atoms with Crippen LogP contribution < -0.4 is 5.32 Å². The minimum absolute atomic E-state index is 0.00415. The van der Waals surface area contributed by atoms with Gasteiger partial charge in [0.15, 0.2) is 0 Å². The average Bonchev–Trinajstić information content (AvgIpc) is 3.21. The maximum Gasteiger partial charge on any atom is 0.411 e. The highest BCUT2D eigenvalue weighted by atomic mass is 35.5. The summed E-state index contributed by atoms with van der Waals surface area (Å²) in [6.07, 6.45) is 0.996. The van der Waals surface area contributed by atoms with Gasteiger partial charge in [-0.05, 0) is 45.6 Å². The molecule has 6 nitrogen and oxygen atoms in total. The van der Waals surface area contributed by atoms with Crippen LogP contribution in [-0.4, -0.2) is 47.8 Å². The predicted molar refractivity (Wildman–Crippen MR) is 100 cm³/mol. The third kappa shape index (κ3) is 3.35. The van der Waals surface area contributed by atoms with E-state index in [1.807, 2.05) is 0 Å². The second-order valence-electron chi connectivity index (χ2n) is 8.87. The van der Waals surface area contributed by atoms with Crippen molar-refractivity contribution in [1.29, 1.82) is 0 Å². The SMILES string of the molecule is CC(C)(C)OC(=O)N1[C@@H]2C[C@@H]2C[C@H]1C(=O)NC1(c2cccc(Cl)c2F)COC1. The molecule has 2 heterocycles. The number of hydrogen-bond acceptors (Lipinski definition) is 4. The largest absolute Gasteiger partial charge is 0.444 e. The molecule has 1 N–H and O–H groups in total. The minimum Gasteiger partial charge on any atom is -0.444 e. The van der Waals surface area contributed by atoms with Gasteiger partial charge in [0, 0.05) is 11.6 Å². The van der Waals surface area contributed by atoms with E-state index in [0.29, 0.717) is 17.9 Å². The summed E-state index contributed by atoms with van der Waals surface area (Å²) < 4.78 is 25.4. The molecule has 0 spiro atoms. The fourth-order valence-electron chi connectivity index (χ4n) is 4.06. The highest BCUT2D eigenvalue weighted by molar-refractivity contribution is 6.30. The quantitative estimate of drug-likeness (QED) is 0.830. The zero-order valence-electron chi connectivity index (χ0n) is 16.1. The number of rotatable bonds is 3. The minimum atomic E-state index is -0.974. The highest BCUT2D eigenvalue weighted by Crippen LogP contribution is 2.48. The molecule has 2 amide bonds. The van der Waals surface area contributed by atoms with Crippen molar-refractivity contribution in [2.75, 3.05) is 13.2 Å². The standard InChI is InChI=1S/C20H24ClFN2O4/c1-19(2,3)28-18(26)24-14-7-11(14)8-15(24)17(25)23-20(9-27-10-20)12-5-4-6-13(21)16(12)22/h4-6,11,14-15H,7-10H2,1-3H3,(H,23,25)/t11-,14-,15+/m1/s1. The Hall–Kier alpha value is -1.86. The molecule has 3 atom stereocenters. The molecule has 8 heteroatoms. The lowest BCUT2D eigenvalue weighted by Gasteiger charge is -2.43. The summed E-state index contributed by atoms with van der Waals surface area (Å²) in [7, 11) is 0. The molecule has 3 aliphatic rings. The average molecular weight is 411 g/mol. The zero-order chi connectivity index (χ0) is 20.3. The predicted octanol–water partition coefficient (Wildman–Crippen LogP) is 3.22. The van der Waals surface area contributed by atoms with E-state index in [4.69, 9.17) is 21.1 Å². The van der Waals surface area contributed by atoms with E-state index in [0.717, 1.165) is 6.42 Å². The molecule has 0 bridgehead atoms. The van der Waals surface area contributed by atoms with Crippen LogP contribution in [0, 0.1) is 11.7 Å². The number of benzene rings is 1. The number of nitrogens with zero attached hydrogens (tertiary/aromatic N) is 1. The molecule has 1 aromatic carbocycles. The second-order valence-corrected chi connectivity index (χ2v) is 9.27. The van der Waals surface area contributed by atoms with Gasteiger partial charge in [-0.25, -0.2) is 9.18 Å². The molecule has 2 saturated heterocycles. The Bertz CT molecular complexity index is 821. The smallest absolute Gasteiger partial charge is 0.411 e. The lowest BCUT2D eigenvalue weighted by Crippen LogP contribution is -2.63. The van der Waals surface area contributed by atoms with E-state index in [2.05, 4.69) is 5.32 Å². The van der Waals surface area contributed by atoms with Crippen molar-refractivity contribution in [3.8, 4) is 0 Å². The van der Waals surface area contributed by atoms with Gasteiger partial charge in [0.1, 0.15) is 23.0 Å². The number of nitrogens with one attached hydrogen (secondary N) is 1. The number of likely N-dealkylation sites (tertiary alicyclic amines) is 1. The van der Waals surface area contributed by atoms with Crippen molar-refractivity contribution in [3.63, 3.8) is 0 Å². The number of ether oxygens (including phenoxy) is 2. The Morgan fingerprint density at radius 3 is 2.64 bits per heavy atom. The topological polar surface area (TPSA) is 67.9 Å². The van der Waals surface area contributed by atoms with E-state index in [-0.39, 0.29) is 30.2 Å². The lowest BCUT2D eigenvalue weighted by atomic mass is 9.87. The van der Waals surface area contributed by atoms with E-state index in [9.17, 15) is 14.0 Å². The van der Waals surface area contributed by atoms with Gasteiger partial charge >= 0.3 is 6.09 Å². The van der Waals surface area contributed by atoms with Gasteiger partial charge in [0.2, 0.25) is 5.91 Å². The first kappa shape index (κ1) is 19.5. The van der Waals surface area contributed by atoms with Gasteiger partial charge in [-0.15, -0.1) is 0 Å². The van der Waals surface area contributed by atoms with Crippen LogP contribution in [-0.2, 0) is 19.8 Å². The van der Waals surface area contributed by atoms with Crippen LogP contribution in [0.15, 0.2) is 18.2 Å². The lowest BCUT2D eigenvalue weighted by molar-refractivity contribution is -0.138. The molecular weight excluding hydrogens is 387 g/mol. The van der Waals surface area contributed by atoms with Crippen molar-refractivity contribution in [3.05, 3.63) is 34.6 Å². The number of piperidine rings is 1. The Morgan fingerprint density at radius 2 is 2.04 bits per heavy atom.